The molecule has 1 unspecified atom stereocenters. The topological polar surface area (TPSA) is 64.1 Å². The summed E-state index contributed by atoms with van der Waals surface area (Å²) in [6, 6.07) is 37.6. The number of hydrogen-bond acceptors (Lipinski definition) is 5. The van der Waals surface area contributed by atoms with Crippen molar-refractivity contribution in [1.82, 2.24) is 15.5 Å². The number of rotatable bonds is 6. The van der Waals surface area contributed by atoms with Gasteiger partial charge in [-0.2, -0.15) is 4.98 Å². The average Bonchev–Trinajstić information content (AvgIpc) is 3.62. The number of nitrogens with zero attached hydrogens (tertiary/aromatic N) is 3. The van der Waals surface area contributed by atoms with E-state index in [2.05, 4.69) is 68.9 Å². The third kappa shape index (κ3) is 4.02. The highest BCUT2D eigenvalue weighted by atomic mass is 16.5. The third-order valence-corrected chi connectivity index (χ3v) is 5.78. The zero-order valence-electron chi connectivity index (χ0n) is 17.9. The first-order valence-corrected chi connectivity index (χ1v) is 11.0. The predicted molar refractivity (Wildman–Crippen MR) is 131 cm³/mol. The lowest BCUT2D eigenvalue weighted by atomic mass is 10.1. The molecule has 1 fully saturated rings. The molecule has 0 aliphatic carbocycles. The van der Waals surface area contributed by atoms with Gasteiger partial charge in [0.2, 0.25) is 5.82 Å². The van der Waals surface area contributed by atoms with Crippen LogP contribution in [-0.2, 0) is 0 Å². The fraction of sp³-hybridized carbons (Fsp3) is 0.0714. The van der Waals surface area contributed by atoms with E-state index in [0.717, 1.165) is 34.7 Å². The van der Waals surface area contributed by atoms with E-state index in [9.17, 15) is 0 Å². The summed E-state index contributed by atoms with van der Waals surface area (Å²) in [4.78, 5) is 6.87. The second-order valence-corrected chi connectivity index (χ2v) is 8.06. The van der Waals surface area contributed by atoms with Gasteiger partial charge in [-0.05, 0) is 60.2 Å². The SMILES string of the molecule is c1ccc(N(c2ccccc2)c2ccc(-c3nc(-c4cccc(C5CN5)c4)no3)cc2)cc1. The van der Waals surface area contributed by atoms with Crippen LogP contribution in [0.5, 0.6) is 0 Å². The molecule has 1 aliphatic heterocycles. The lowest BCUT2D eigenvalue weighted by molar-refractivity contribution is 0.432. The van der Waals surface area contributed by atoms with Crippen molar-refractivity contribution in [2.75, 3.05) is 11.4 Å². The molecule has 6 rings (SSSR count). The first kappa shape index (κ1) is 19.5. The van der Waals surface area contributed by atoms with Crippen LogP contribution in [0.2, 0.25) is 0 Å². The zero-order valence-corrected chi connectivity index (χ0v) is 17.9. The van der Waals surface area contributed by atoms with E-state index in [1.807, 2.05) is 60.7 Å². The van der Waals surface area contributed by atoms with Gasteiger partial charge in [0.05, 0.1) is 0 Å². The molecule has 4 aromatic carbocycles. The summed E-state index contributed by atoms with van der Waals surface area (Å²) in [6.07, 6.45) is 0. The van der Waals surface area contributed by atoms with Gasteiger partial charge in [0.1, 0.15) is 0 Å². The Morgan fingerprint density at radius 3 is 1.97 bits per heavy atom. The van der Waals surface area contributed by atoms with E-state index in [1.165, 1.54) is 5.56 Å². The van der Waals surface area contributed by atoms with E-state index in [4.69, 9.17) is 4.52 Å². The summed E-state index contributed by atoms with van der Waals surface area (Å²) in [5, 5.41) is 7.55. The Labute approximate surface area is 192 Å². The molecule has 160 valence electrons. The molecule has 5 nitrogen and oxygen atoms in total. The zero-order chi connectivity index (χ0) is 22.0. The van der Waals surface area contributed by atoms with Crippen LogP contribution in [0.4, 0.5) is 17.1 Å². The quantitative estimate of drug-likeness (QED) is 0.311. The maximum atomic E-state index is 5.60. The Kier molecular flexibility index (Phi) is 4.94. The molecule has 1 aromatic heterocycles. The van der Waals surface area contributed by atoms with E-state index in [0.29, 0.717) is 17.8 Å². The molecule has 0 radical (unpaired) electrons. The molecule has 0 amide bonds. The molecule has 1 saturated heterocycles. The highest BCUT2D eigenvalue weighted by Crippen LogP contribution is 2.35. The maximum Gasteiger partial charge on any atom is 0.258 e. The highest BCUT2D eigenvalue weighted by Gasteiger charge is 2.23. The van der Waals surface area contributed by atoms with Gasteiger partial charge in [-0.3, -0.25) is 0 Å². The van der Waals surface area contributed by atoms with Gasteiger partial charge in [-0.25, -0.2) is 0 Å². The summed E-state index contributed by atoms with van der Waals surface area (Å²) in [6.45, 7) is 1.02. The molecule has 0 bridgehead atoms. The molecular weight excluding hydrogens is 408 g/mol. The first-order chi connectivity index (χ1) is 16.3. The van der Waals surface area contributed by atoms with Crippen LogP contribution in [0, 0.1) is 0 Å². The number of benzene rings is 4. The van der Waals surface area contributed by atoms with Crippen molar-refractivity contribution in [3.63, 3.8) is 0 Å². The van der Waals surface area contributed by atoms with E-state index >= 15 is 0 Å². The molecule has 5 heteroatoms. The maximum absolute atomic E-state index is 5.60. The van der Waals surface area contributed by atoms with Crippen LogP contribution >= 0.6 is 0 Å². The Morgan fingerprint density at radius 2 is 1.33 bits per heavy atom. The summed E-state index contributed by atoms with van der Waals surface area (Å²) in [5.74, 6) is 1.12. The van der Waals surface area contributed by atoms with Crippen LogP contribution in [0.3, 0.4) is 0 Å². The van der Waals surface area contributed by atoms with Gasteiger partial charge in [0, 0.05) is 40.8 Å². The standard InChI is InChI=1S/C28H22N4O/c1-3-10-23(11-4-1)32(24-12-5-2-6-13-24)25-16-14-20(15-17-25)28-30-27(31-33-28)22-9-7-8-21(18-22)26-19-29-26/h1-18,26,29H,19H2. The second kappa shape index (κ2) is 8.37. The van der Waals surface area contributed by atoms with Gasteiger partial charge >= 0.3 is 0 Å². The minimum atomic E-state index is 0.445. The van der Waals surface area contributed by atoms with Crippen molar-refractivity contribution in [3.8, 4) is 22.8 Å². The number of hydrogen-bond donors (Lipinski definition) is 1. The van der Waals surface area contributed by atoms with Crippen LogP contribution in [-0.4, -0.2) is 16.7 Å². The summed E-state index contributed by atoms with van der Waals surface area (Å²) < 4.78 is 5.60. The van der Waals surface area contributed by atoms with Gasteiger partial charge in [-0.15, -0.1) is 0 Å². The number of aromatic nitrogens is 2. The van der Waals surface area contributed by atoms with Crippen molar-refractivity contribution in [1.29, 1.82) is 0 Å². The Balaban J connectivity index is 1.30. The smallest absolute Gasteiger partial charge is 0.258 e. The van der Waals surface area contributed by atoms with Gasteiger partial charge in [0.25, 0.3) is 5.89 Å². The molecule has 1 aliphatic rings. The van der Waals surface area contributed by atoms with Crippen molar-refractivity contribution < 1.29 is 4.52 Å². The fourth-order valence-corrected chi connectivity index (χ4v) is 4.00. The lowest BCUT2D eigenvalue weighted by Gasteiger charge is -2.25. The van der Waals surface area contributed by atoms with Gasteiger partial charge in [-0.1, -0.05) is 59.8 Å². The minimum absolute atomic E-state index is 0.445. The monoisotopic (exact) mass is 430 g/mol. The van der Waals surface area contributed by atoms with E-state index in [1.54, 1.807) is 0 Å². The molecule has 0 spiro atoms. The number of para-hydroxylation sites is 2. The summed E-state index contributed by atoms with van der Waals surface area (Å²) in [7, 11) is 0. The van der Waals surface area contributed by atoms with Gasteiger partial charge < -0.3 is 14.7 Å². The molecular formula is C28H22N4O. The molecule has 5 aromatic rings. The van der Waals surface area contributed by atoms with Crippen LogP contribution < -0.4 is 10.2 Å². The molecule has 0 saturated carbocycles. The Morgan fingerprint density at radius 1 is 0.697 bits per heavy atom. The van der Waals surface area contributed by atoms with Crippen LogP contribution in [0.25, 0.3) is 22.8 Å². The lowest BCUT2D eigenvalue weighted by Crippen LogP contribution is -2.09. The first-order valence-electron chi connectivity index (χ1n) is 11.0. The predicted octanol–water partition coefficient (Wildman–Crippen LogP) is 6.52. The molecule has 2 heterocycles. The average molecular weight is 431 g/mol. The van der Waals surface area contributed by atoms with Crippen LogP contribution in [0.1, 0.15) is 11.6 Å². The largest absolute Gasteiger partial charge is 0.334 e. The second-order valence-electron chi connectivity index (χ2n) is 8.06. The Hall–Kier alpha value is -4.22. The van der Waals surface area contributed by atoms with E-state index in [-0.39, 0.29) is 0 Å². The van der Waals surface area contributed by atoms with Crippen molar-refractivity contribution in [2.45, 2.75) is 6.04 Å². The normalized spacial score (nSPS) is 14.7. The fourth-order valence-electron chi connectivity index (χ4n) is 4.00. The van der Waals surface area contributed by atoms with Crippen molar-refractivity contribution in [2.24, 2.45) is 0 Å². The van der Waals surface area contributed by atoms with E-state index < -0.39 is 0 Å². The molecule has 1 atom stereocenters. The Bertz CT molecular complexity index is 1320. The minimum Gasteiger partial charge on any atom is -0.334 e. The van der Waals surface area contributed by atoms with Crippen molar-refractivity contribution >= 4 is 17.1 Å². The highest BCUT2D eigenvalue weighted by molar-refractivity contribution is 5.77. The van der Waals surface area contributed by atoms with Crippen molar-refractivity contribution in [3.05, 3.63) is 115 Å². The van der Waals surface area contributed by atoms with Gasteiger partial charge in [0.15, 0.2) is 0 Å². The third-order valence-electron chi connectivity index (χ3n) is 5.78. The number of nitrogens with one attached hydrogen (secondary N) is 1. The van der Waals surface area contributed by atoms with Crippen LogP contribution in [0.15, 0.2) is 114 Å². The molecule has 1 N–H and O–H groups in total. The summed E-state index contributed by atoms with van der Waals surface area (Å²) >= 11 is 0. The summed E-state index contributed by atoms with van der Waals surface area (Å²) in [5.41, 5.74) is 6.36. The molecule has 33 heavy (non-hydrogen) atoms. The number of anilines is 3.